The molecular weight excluding hydrogens is 188 g/mol. The lowest BCUT2D eigenvalue weighted by atomic mass is 10.0. The van der Waals surface area contributed by atoms with Crippen LogP contribution in [0.25, 0.3) is 0 Å². The Hall–Kier alpha value is -0.570. The Labute approximate surface area is 92.8 Å². The Morgan fingerprint density at radius 2 is 2.07 bits per heavy atom. The van der Waals surface area contributed by atoms with Gasteiger partial charge in [-0.3, -0.25) is 4.79 Å². The summed E-state index contributed by atoms with van der Waals surface area (Å²) >= 11 is 0. The predicted molar refractivity (Wildman–Crippen MR) is 62.4 cm³/mol. The second kappa shape index (κ2) is 5.50. The fourth-order valence-corrected chi connectivity index (χ4v) is 1.68. The second-order valence-electron chi connectivity index (χ2n) is 5.06. The van der Waals surface area contributed by atoms with Crippen LogP contribution in [0.1, 0.15) is 46.5 Å². The van der Waals surface area contributed by atoms with Gasteiger partial charge in [0, 0.05) is 6.04 Å². The molecule has 0 spiro atoms. The summed E-state index contributed by atoms with van der Waals surface area (Å²) in [5, 5.41) is 3.06. The molecule has 3 N–H and O–H groups in total. The molecule has 3 heteroatoms. The summed E-state index contributed by atoms with van der Waals surface area (Å²) in [7, 11) is 0. The van der Waals surface area contributed by atoms with Crippen molar-refractivity contribution in [2.75, 3.05) is 0 Å². The van der Waals surface area contributed by atoms with Crippen molar-refractivity contribution in [3.63, 3.8) is 0 Å². The van der Waals surface area contributed by atoms with Crippen molar-refractivity contribution in [3.05, 3.63) is 0 Å². The standard InChI is InChI=1S/C12H24N2O/c1-4-10(7-9-5-6-9)14-12(15)11(13)8(2)3/h8-11H,4-7,13H2,1-3H3,(H,14,15). The molecule has 1 aliphatic rings. The Morgan fingerprint density at radius 3 is 2.47 bits per heavy atom. The highest BCUT2D eigenvalue weighted by Crippen LogP contribution is 2.34. The van der Waals surface area contributed by atoms with E-state index >= 15 is 0 Å². The van der Waals surface area contributed by atoms with Crippen LogP contribution >= 0.6 is 0 Å². The first kappa shape index (κ1) is 12.5. The summed E-state index contributed by atoms with van der Waals surface area (Å²) < 4.78 is 0. The summed E-state index contributed by atoms with van der Waals surface area (Å²) in [6.07, 6.45) is 4.81. The van der Waals surface area contributed by atoms with E-state index in [0.29, 0.717) is 6.04 Å². The molecule has 1 amide bonds. The van der Waals surface area contributed by atoms with E-state index in [0.717, 1.165) is 18.8 Å². The number of carbonyl (C=O) groups excluding carboxylic acids is 1. The molecule has 2 atom stereocenters. The monoisotopic (exact) mass is 212 g/mol. The van der Waals surface area contributed by atoms with E-state index in [1.165, 1.54) is 12.8 Å². The molecule has 0 aromatic heterocycles. The van der Waals surface area contributed by atoms with Crippen LogP contribution < -0.4 is 11.1 Å². The molecule has 0 heterocycles. The average Bonchev–Trinajstić information content (AvgIpc) is 2.99. The quantitative estimate of drug-likeness (QED) is 0.703. The van der Waals surface area contributed by atoms with Gasteiger partial charge in [-0.15, -0.1) is 0 Å². The van der Waals surface area contributed by atoms with Gasteiger partial charge in [0.15, 0.2) is 0 Å². The van der Waals surface area contributed by atoms with Gasteiger partial charge in [-0.2, -0.15) is 0 Å². The van der Waals surface area contributed by atoms with Gasteiger partial charge in [-0.1, -0.05) is 33.6 Å². The third kappa shape index (κ3) is 4.20. The Balaban J connectivity index is 2.32. The third-order valence-corrected chi connectivity index (χ3v) is 3.17. The van der Waals surface area contributed by atoms with Crippen molar-refractivity contribution in [2.45, 2.75) is 58.5 Å². The average molecular weight is 212 g/mol. The Morgan fingerprint density at radius 1 is 1.47 bits per heavy atom. The number of nitrogens with one attached hydrogen (secondary N) is 1. The molecule has 88 valence electrons. The first-order valence-electron chi connectivity index (χ1n) is 6.10. The van der Waals surface area contributed by atoms with E-state index in [1.54, 1.807) is 0 Å². The molecule has 15 heavy (non-hydrogen) atoms. The molecule has 0 aromatic rings. The van der Waals surface area contributed by atoms with Crippen LogP contribution in [0.5, 0.6) is 0 Å². The number of nitrogens with two attached hydrogens (primary N) is 1. The molecule has 0 aromatic carbocycles. The van der Waals surface area contributed by atoms with Crippen molar-refractivity contribution < 1.29 is 4.79 Å². The minimum atomic E-state index is -0.363. The molecule has 2 unspecified atom stereocenters. The van der Waals surface area contributed by atoms with Crippen molar-refractivity contribution in [1.82, 2.24) is 5.32 Å². The molecule has 1 rings (SSSR count). The highest BCUT2D eigenvalue weighted by molar-refractivity contribution is 5.81. The zero-order valence-electron chi connectivity index (χ0n) is 10.1. The number of carbonyl (C=O) groups is 1. The number of rotatable bonds is 6. The molecule has 1 aliphatic carbocycles. The summed E-state index contributed by atoms with van der Waals surface area (Å²) in [5.41, 5.74) is 5.80. The Bertz CT molecular complexity index is 212. The molecular formula is C12H24N2O. The lowest BCUT2D eigenvalue weighted by Crippen LogP contribution is -2.47. The number of hydrogen-bond donors (Lipinski definition) is 2. The molecule has 0 bridgehead atoms. The van der Waals surface area contributed by atoms with Crippen LogP contribution in [0.3, 0.4) is 0 Å². The van der Waals surface area contributed by atoms with Crippen LogP contribution in [-0.4, -0.2) is 18.0 Å². The van der Waals surface area contributed by atoms with E-state index in [-0.39, 0.29) is 17.9 Å². The normalized spacial score (nSPS) is 20.1. The summed E-state index contributed by atoms with van der Waals surface area (Å²) in [5.74, 6) is 1.08. The highest BCUT2D eigenvalue weighted by Gasteiger charge is 2.27. The smallest absolute Gasteiger partial charge is 0.237 e. The predicted octanol–water partition coefficient (Wildman–Crippen LogP) is 1.66. The van der Waals surface area contributed by atoms with Crippen LogP contribution in [0, 0.1) is 11.8 Å². The van der Waals surface area contributed by atoms with E-state index in [2.05, 4.69) is 12.2 Å². The summed E-state index contributed by atoms with van der Waals surface area (Å²) in [6, 6.07) is -0.0342. The van der Waals surface area contributed by atoms with Gasteiger partial charge in [-0.05, 0) is 24.7 Å². The van der Waals surface area contributed by atoms with E-state index in [9.17, 15) is 4.79 Å². The second-order valence-corrected chi connectivity index (χ2v) is 5.06. The SMILES string of the molecule is CCC(CC1CC1)NC(=O)C(N)C(C)C. The van der Waals surface area contributed by atoms with Gasteiger partial charge in [0.1, 0.15) is 0 Å². The number of hydrogen-bond acceptors (Lipinski definition) is 2. The van der Waals surface area contributed by atoms with Crippen LogP contribution in [0.2, 0.25) is 0 Å². The molecule has 0 aliphatic heterocycles. The molecule has 3 nitrogen and oxygen atoms in total. The van der Waals surface area contributed by atoms with Gasteiger partial charge < -0.3 is 11.1 Å². The van der Waals surface area contributed by atoms with Crippen molar-refractivity contribution in [2.24, 2.45) is 17.6 Å². The van der Waals surface area contributed by atoms with Gasteiger partial charge in [0.2, 0.25) is 5.91 Å². The maximum atomic E-state index is 11.7. The zero-order valence-corrected chi connectivity index (χ0v) is 10.1. The van der Waals surface area contributed by atoms with Crippen molar-refractivity contribution in [3.8, 4) is 0 Å². The molecule has 0 saturated heterocycles. The fraction of sp³-hybridized carbons (Fsp3) is 0.917. The molecule has 0 radical (unpaired) electrons. The highest BCUT2D eigenvalue weighted by atomic mass is 16.2. The van der Waals surface area contributed by atoms with E-state index < -0.39 is 0 Å². The first-order valence-corrected chi connectivity index (χ1v) is 6.10. The minimum absolute atomic E-state index is 0.0116. The Kier molecular flexibility index (Phi) is 4.58. The van der Waals surface area contributed by atoms with E-state index in [1.807, 2.05) is 13.8 Å². The summed E-state index contributed by atoms with van der Waals surface area (Å²) in [6.45, 7) is 6.08. The third-order valence-electron chi connectivity index (χ3n) is 3.17. The summed E-state index contributed by atoms with van der Waals surface area (Å²) in [4.78, 5) is 11.7. The zero-order chi connectivity index (χ0) is 11.4. The maximum Gasteiger partial charge on any atom is 0.237 e. The van der Waals surface area contributed by atoms with Crippen molar-refractivity contribution >= 4 is 5.91 Å². The van der Waals surface area contributed by atoms with Gasteiger partial charge in [0.05, 0.1) is 6.04 Å². The lowest BCUT2D eigenvalue weighted by Gasteiger charge is -2.21. The lowest BCUT2D eigenvalue weighted by molar-refractivity contribution is -0.124. The van der Waals surface area contributed by atoms with Crippen LogP contribution in [0.15, 0.2) is 0 Å². The van der Waals surface area contributed by atoms with Gasteiger partial charge >= 0.3 is 0 Å². The maximum absolute atomic E-state index is 11.7. The topological polar surface area (TPSA) is 55.1 Å². The minimum Gasteiger partial charge on any atom is -0.352 e. The van der Waals surface area contributed by atoms with Crippen LogP contribution in [-0.2, 0) is 4.79 Å². The largest absolute Gasteiger partial charge is 0.352 e. The van der Waals surface area contributed by atoms with Gasteiger partial charge in [0.25, 0.3) is 0 Å². The van der Waals surface area contributed by atoms with Crippen molar-refractivity contribution in [1.29, 1.82) is 0 Å². The fourth-order valence-electron chi connectivity index (χ4n) is 1.68. The van der Waals surface area contributed by atoms with Crippen LogP contribution in [0.4, 0.5) is 0 Å². The molecule has 1 fully saturated rings. The first-order chi connectivity index (χ1) is 7.04. The van der Waals surface area contributed by atoms with Gasteiger partial charge in [-0.25, -0.2) is 0 Å². The number of amides is 1. The molecule has 1 saturated carbocycles. The van der Waals surface area contributed by atoms with E-state index in [4.69, 9.17) is 5.73 Å².